The van der Waals surface area contributed by atoms with Crippen molar-refractivity contribution in [2.24, 2.45) is 5.73 Å². The number of hydrogen-bond acceptors (Lipinski definition) is 6. The van der Waals surface area contributed by atoms with Crippen LogP contribution in [-0.2, 0) is 4.79 Å². The first-order valence-corrected chi connectivity index (χ1v) is 5.70. The summed E-state index contributed by atoms with van der Waals surface area (Å²) in [5.41, 5.74) is 5.15. The lowest BCUT2D eigenvalue weighted by Gasteiger charge is -2.19. The Morgan fingerprint density at radius 1 is 1.28 bits per heavy atom. The van der Waals surface area contributed by atoms with Crippen molar-refractivity contribution in [1.29, 1.82) is 0 Å². The zero-order valence-electron chi connectivity index (χ0n) is 9.87. The molecule has 2 rings (SSSR count). The Bertz CT molecular complexity index is 419. The first-order valence-electron chi connectivity index (χ1n) is 5.70. The fourth-order valence-corrected chi connectivity index (χ4v) is 1.95. The van der Waals surface area contributed by atoms with Gasteiger partial charge in [-0.2, -0.15) is 5.21 Å². The molecular formula is C9H15N7O2. The molecule has 0 radical (unpaired) electrons. The van der Waals surface area contributed by atoms with Gasteiger partial charge in [0.15, 0.2) is 0 Å². The fourth-order valence-electron chi connectivity index (χ4n) is 1.95. The predicted molar refractivity (Wildman–Crippen MR) is 60.3 cm³/mol. The van der Waals surface area contributed by atoms with Crippen LogP contribution in [0.25, 0.3) is 0 Å². The number of aromatic nitrogens is 4. The van der Waals surface area contributed by atoms with Crippen molar-refractivity contribution in [3.63, 3.8) is 0 Å². The van der Waals surface area contributed by atoms with E-state index in [-0.39, 0.29) is 24.2 Å². The molecule has 0 atom stereocenters. The second-order valence-corrected chi connectivity index (χ2v) is 4.12. The van der Waals surface area contributed by atoms with Crippen LogP contribution >= 0.6 is 0 Å². The molecule has 9 heteroatoms. The van der Waals surface area contributed by atoms with E-state index >= 15 is 0 Å². The smallest absolute Gasteiger partial charge is 0.295 e. The molecule has 2 heterocycles. The number of tetrazole rings is 1. The molecular weight excluding hydrogens is 238 g/mol. The maximum atomic E-state index is 12.0. The van der Waals surface area contributed by atoms with E-state index in [2.05, 4.69) is 20.6 Å². The van der Waals surface area contributed by atoms with Crippen molar-refractivity contribution >= 4 is 11.8 Å². The van der Waals surface area contributed by atoms with Crippen LogP contribution in [0, 0.1) is 0 Å². The van der Waals surface area contributed by atoms with Gasteiger partial charge < -0.3 is 10.6 Å². The van der Waals surface area contributed by atoms with Gasteiger partial charge in [-0.25, -0.2) is 0 Å². The summed E-state index contributed by atoms with van der Waals surface area (Å²) >= 11 is 0. The minimum absolute atomic E-state index is 0.0679. The lowest BCUT2D eigenvalue weighted by molar-refractivity contribution is -0.119. The summed E-state index contributed by atoms with van der Waals surface area (Å²) in [5, 5.41) is 12.9. The Morgan fingerprint density at radius 2 is 2.11 bits per heavy atom. The van der Waals surface area contributed by atoms with Crippen LogP contribution in [0.1, 0.15) is 17.0 Å². The van der Waals surface area contributed by atoms with Gasteiger partial charge >= 0.3 is 0 Å². The maximum absolute atomic E-state index is 12.0. The van der Waals surface area contributed by atoms with Gasteiger partial charge in [-0.3, -0.25) is 14.5 Å². The van der Waals surface area contributed by atoms with E-state index in [1.165, 1.54) is 0 Å². The monoisotopic (exact) mass is 253 g/mol. The van der Waals surface area contributed by atoms with Crippen LogP contribution in [0.15, 0.2) is 0 Å². The third-order valence-electron chi connectivity index (χ3n) is 2.79. The topological polar surface area (TPSA) is 121 Å². The Hall–Kier alpha value is -2.03. The molecule has 18 heavy (non-hydrogen) atoms. The molecule has 0 bridgehead atoms. The molecule has 3 N–H and O–H groups in total. The van der Waals surface area contributed by atoms with Gasteiger partial charge in [0.25, 0.3) is 11.7 Å². The van der Waals surface area contributed by atoms with Gasteiger partial charge in [0.05, 0.1) is 6.54 Å². The van der Waals surface area contributed by atoms with Crippen molar-refractivity contribution in [2.75, 3.05) is 32.7 Å². The summed E-state index contributed by atoms with van der Waals surface area (Å²) < 4.78 is 0. The van der Waals surface area contributed by atoms with E-state index in [0.717, 1.165) is 13.0 Å². The summed E-state index contributed by atoms with van der Waals surface area (Å²) in [6.07, 6.45) is 0.789. The quantitative estimate of drug-likeness (QED) is 0.632. The van der Waals surface area contributed by atoms with Gasteiger partial charge in [-0.1, -0.05) is 0 Å². The molecule has 0 spiro atoms. The van der Waals surface area contributed by atoms with E-state index < -0.39 is 0 Å². The molecule has 1 aliphatic heterocycles. The fraction of sp³-hybridized carbons (Fsp3) is 0.667. The first-order chi connectivity index (χ1) is 8.66. The summed E-state index contributed by atoms with van der Waals surface area (Å²) in [7, 11) is 0. The number of primary amides is 1. The Balaban J connectivity index is 1.93. The molecule has 98 valence electrons. The molecule has 0 saturated carbocycles. The van der Waals surface area contributed by atoms with Crippen molar-refractivity contribution in [1.82, 2.24) is 30.4 Å². The molecule has 0 aliphatic carbocycles. The van der Waals surface area contributed by atoms with Crippen LogP contribution < -0.4 is 5.73 Å². The Labute approximate surface area is 103 Å². The number of nitrogens with zero attached hydrogens (tertiary/aromatic N) is 5. The molecule has 1 aromatic rings. The van der Waals surface area contributed by atoms with Gasteiger partial charge in [0.2, 0.25) is 5.91 Å². The highest BCUT2D eigenvalue weighted by molar-refractivity contribution is 5.90. The highest BCUT2D eigenvalue weighted by Gasteiger charge is 2.23. The molecule has 0 unspecified atom stereocenters. The van der Waals surface area contributed by atoms with Crippen molar-refractivity contribution in [3.05, 3.63) is 5.82 Å². The molecule has 0 aromatic carbocycles. The number of carbonyl (C=O) groups is 2. The van der Waals surface area contributed by atoms with E-state index in [9.17, 15) is 9.59 Å². The van der Waals surface area contributed by atoms with E-state index in [1.54, 1.807) is 4.90 Å². The molecule has 2 amide bonds. The van der Waals surface area contributed by atoms with Gasteiger partial charge in [-0.15, -0.1) is 10.2 Å². The minimum atomic E-state index is -0.354. The van der Waals surface area contributed by atoms with Crippen molar-refractivity contribution in [2.45, 2.75) is 6.42 Å². The van der Waals surface area contributed by atoms with Crippen molar-refractivity contribution in [3.8, 4) is 0 Å². The van der Waals surface area contributed by atoms with E-state index in [4.69, 9.17) is 5.73 Å². The highest BCUT2D eigenvalue weighted by atomic mass is 16.2. The standard InChI is InChI=1S/C9H15N7O2/c10-7(17)6-15-2-1-3-16(5-4-15)9(18)8-11-13-14-12-8/h1-6H2,(H2,10,17)(H,11,12,13,14). The molecule has 1 fully saturated rings. The Kier molecular flexibility index (Phi) is 3.82. The number of H-pyrrole nitrogens is 1. The van der Waals surface area contributed by atoms with Crippen molar-refractivity contribution < 1.29 is 9.59 Å². The molecule has 1 aliphatic rings. The molecule has 1 aromatic heterocycles. The summed E-state index contributed by atoms with van der Waals surface area (Å²) in [6.45, 7) is 2.74. The van der Waals surface area contributed by atoms with Crippen LogP contribution in [0.4, 0.5) is 0 Å². The average molecular weight is 253 g/mol. The normalized spacial score (nSPS) is 17.4. The summed E-state index contributed by atoms with van der Waals surface area (Å²) in [4.78, 5) is 26.4. The van der Waals surface area contributed by atoms with E-state index in [1.807, 2.05) is 4.90 Å². The number of rotatable bonds is 3. The van der Waals surface area contributed by atoms with Crippen LogP contribution in [0.2, 0.25) is 0 Å². The van der Waals surface area contributed by atoms with Gasteiger partial charge in [-0.05, 0) is 11.6 Å². The van der Waals surface area contributed by atoms with Crippen LogP contribution in [0.5, 0.6) is 0 Å². The first kappa shape index (κ1) is 12.4. The third-order valence-corrected chi connectivity index (χ3v) is 2.79. The van der Waals surface area contributed by atoms with E-state index in [0.29, 0.717) is 19.6 Å². The number of carbonyl (C=O) groups excluding carboxylic acids is 2. The third kappa shape index (κ3) is 3.00. The molecule has 1 saturated heterocycles. The zero-order chi connectivity index (χ0) is 13.0. The summed E-state index contributed by atoms with van der Waals surface area (Å²) in [5.74, 6) is -0.532. The summed E-state index contributed by atoms with van der Waals surface area (Å²) in [6, 6.07) is 0. The second kappa shape index (κ2) is 5.54. The maximum Gasteiger partial charge on any atom is 0.295 e. The predicted octanol–water partition coefficient (Wildman–Crippen LogP) is -2.17. The lowest BCUT2D eigenvalue weighted by atomic mass is 10.3. The Morgan fingerprint density at radius 3 is 2.78 bits per heavy atom. The number of amides is 2. The highest BCUT2D eigenvalue weighted by Crippen LogP contribution is 2.05. The lowest BCUT2D eigenvalue weighted by Crippen LogP contribution is -2.38. The number of hydrogen-bond donors (Lipinski definition) is 2. The van der Waals surface area contributed by atoms with Gasteiger partial charge in [0, 0.05) is 26.2 Å². The molecule has 9 nitrogen and oxygen atoms in total. The second-order valence-electron chi connectivity index (χ2n) is 4.12. The average Bonchev–Trinajstić information content (AvgIpc) is 2.76. The van der Waals surface area contributed by atoms with Crippen LogP contribution in [-0.4, -0.2) is 75.0 Å². The SMILES string of the molecule is NC(=O)CN1CCCN(C(=O)c2nn[nH]n2)CC1. The zero-order valence-corrected chi connectivity index (χ0v) is 9.87. The van der Waals surface area contributed by atoms with Crippen LogP contribution in [0.3, 0.4) is 0 Å². The number of aromatic amines is 1. The number of nitrogens with one attached hydrogen (secondary N) is 1. The largest absolute Gasteiger partial charge is 0.369 e. The number of nitrogens with two attached hydrogens (primary N) is 1. The minimum Gasteiger partial charge on any atom is -0.369 e. The van der Waals surface area contributed by atoms with Gasteiger partial charge in [0.1, 0.15) is 0 Å².